The predicted molar refractivity (Wildman–Crippen MR) is 90.6 cm³/mol. The van der Waals surface area contributed by atoms with Gasteiger partial charge in [-0.2, -0.15) is 0 Å². The van der Waals surface area contributed by atoms with Gasteiger partial charge in [0.15, 0.2) is 5.58 Å². The van der Waals surface area contributed by atoms with Crippen LogP contribution in [0.15, 0.2) is 51.4 Å². The number of amides is 1. The van der Waals surface area contributed by atoms with E-state index in [2.05, 4.69) is 26.2 Å². The molecule has 1 amide bonds. The van der Waals surface area contributed by atoms with Crippen molar-refractivity contribution in [2.75, 3.05) is 5.32 Å². The maximum atomic E-state index is 11.8. The van der Waals surface area contributed by atoms with Gasteiger partial charge in [0.1, 0.15) is 5.52 Å². The summed E-state index contributed by atoms with van der Waals surface area (Å²) in [6.07, 6.45) is 0. The van der Waals surface area contributed by atoms with Gasteiger partial charge in [-0.3, -0.25) is 4.79 Å². The lowest BCUT2D eigenvalue weighted by Gasteiger charge is -2.06. The molecule has 3 aromatic rings. The number of benzene rings is 2. The molecular weight excluding hydrogens is 344 g/mol. The highest BCUT2D eigenvalue weighted by molar-refractivity contribution is 9.10. The van der Waals surface area contributed by atoms with Crippen LogP contribution in [0.25, 0.3) is 22.6 Å². The van der Waals surface area contributed by atoms with E-state index in [9.17, 15) is 4.79 Å². The number of carbonyl (C=O) groups excluding carboxylic acids is 1. The van der Waals surface area contributed by atoms with E-state index in [-0.39, 0.29) is 11.8 Å². The smallest absolute Gasteiger partial charge is 0.228 e. The zero-order valence-electron chi connectivity index (χ0n) is 12.3. The lowest BCUT2D eigenvalue weighted by Crippen LogP contribution is -2.17. The number of nitrogens with one attached hydrogen (secondary N) is 1. The average molecular weight is 359 g/mol. The van der Waals surface area contributed by atoms with Crippen molar-refractivity contribution in [2.45, 2.75) is 13.8 Å². The molecule has 5 heteroatoms. The Morgan fingerprint density at radius 1 is 1.23 bits per heavy atom. The van der Waals surface area contributed by atoms with Crippen molar-refractivity contribution in [3.05, 3.63) is 46.9 Å². The van der Waals surface area contributed by atoms with E-state index < -0.39 is 0 Å². The van der Waals surface area contributed by atoms with E-state index in [0.29, 0.717) is 17.0 Å². The first-order valence-electron chi connectivity index (χ1n) is 7.01. The molecule has 0 aliphatic rings. The standard InChI is InChI=1S/C17H15BrN2O2/c1-10(2)16(21)19-11-7-8-15-14(9-11)20-17(22-15)12-5-3-4-6-13(12)18/h3-10H,1-2H3,(H,19,21). The van der Waals surface area contributed by atoms with Gasteiger partial charge in [0, 0.05) is 16.1 Å². The van der Waals surface area contributed by atoms with Crippen LogP contribution in [0.1, 0.15) is 13.8 Å². The van der Waals surface area contributed by atoms with E-state index in [1.54, 1.807) is 0 Å². The molecule has 0 saturated carbocycles. The Balaban J connectivity index is 1.97. The fourth-order valence-electron chi connectivity index (χ4n) is 2.04. The molecule has 2 aromatic carbocycles. The molecule has 0 atom stereocenters. The number of nitrogens with zero attached hydrogens (tertiary/aromatic N) is 1. The number of rotatable bonds is 3. The molecule has 1 heterocycles. The van der Waals surface area contributed by atoms with Crippen LogP contribution in [-0.2, 0) is 4.79 Å². The summed E-state index contributed by atoms with van der Waals surface area (Å²) >= 11 is 3.50. The zero-order valence-corrected chi connectivity index (χ0v) is 13.8. The van der Waals surface area contributed by atoms with Crippen molar-refractivity contribution >= 4 is 38.6 Å². The predicted octanol–water partition coefficient (Wildman–Crippen LogP) is 4.85. The van der Waals surface area contributed by atoms with Crippen LogP contribution in [0.4, 0.5) is 5.69 Å². The minimum atomic E-state index is -0.0659. The summed E-state index contributed by atoms with van der Waals surface area (Å²) in [6.45, 7) is 3.71. The highest BCUT2D eigenvalue weighted by Gasteiger charge is 2.12. The van der Waals surface area contributed by atoms with Crippen LogP contribution >= 0.6 is 15.9 Å². The van der Waals surface area contributed by atoms with E-state index in [1.165, 1.54) is 0 Å². The van der Waals surface area contributed by atoms with E-state index in [4.69, 9.17) is 4.42 Å². The summed E-state index contributed by atoms with van der Waals surface area (Å²) in [7, 11) is 0. The van der Waals surface area contributed by atoms with Crippen LogP contribution in [0.5, 0.6) is 0 Å². The Kier molecular flexibility index (Phi) is 3.98. The second kappa shape index (κ2) is 5.93. The van der Waals surface area contributed by atoms with Gasteiger partial charge in [-0.25, -0.2) is 4.98 Å². The quantitative estimate of drug-likeness (QED) is 0.727. The van der Waals surface area contributed by atoms with Gasteiger partial charge in [0.05, 0.1) is 5.56 Å². The molecule has 0 saturated heterocycles. The molecule has 0 radical (unpaired) electrons. The molecule has 3 rings (SSSR count). The van der Waals surface area contributed by atoms with Crippen molar-refractivity contribution < 1.29 is 9.21 Å². The molecule has 1 aromatic heterocycles. The first-order chi connectivity index (χ1) is 10.5. The Hall–Kier alpha value is -2.14. The highest BCUT2D eigenvalue weighted by atomic mass is 79.9. The first kappa shape index (κ1) is 14.8. The summed E-state index contributed by atoms with van der Waals surface area (Å²) in [6, 6.07) is 13.2. The van der Waals surface area contributed by atoms with E-state index in [1.807, 2.05) is 56.3 Å². The fraction of sp³-hybridized carbons (Fsp3) is 0.176. The van der Waals surface area contributed by atoms with Crippen LogP contribution in [0, 0.1) is 5.92 Å². The molecule has 0 fully saturated rings. The third-order valence-electron chi connectivity index (χ3n) is 3.28. The second-order valence-corrected chi connectivity index (χ2v) is 6.18. The van der Waals surface area contributed by atoms with Gasteiger partial charge in [-0.15, -0.1) is 0 Å². The van der Waals surface area contributed by atoms with Gasteiger partial charge >= 0.3 is 0 Å². The molecule has 112 valence electrons. The molecule has 0 unspecified atom stereocenters. The Labute approximate surface area is 136 Å². The molecule has 22 heavy (non-hydrogen) atoms. The molecule has 0 bridgehead atoms. The summed E-state index contributed by atoms with van der Waals surface area (Å²) in [5.74, 6) is 0.465. The van der Waals surface area contributed by atoms with Crippen molar-refractivity contribution in [3.63, 3.8) is 0 Å². The number of carbonyl (C=O) groups is 1. The van der Waals surface area contributed by atoms with Crippen LogP contribution < -0.4 is 5.32 Å². The number of oxazole rings is 1. The number of aromatic nitrogens is 1. The van der Waals surface area contributed by atoms with Crippen LogP contribution in [0.3, 0.4) is 0 Å². The minimum absolute atomic E-state index is 0.0196. The van der Waals surface area contributed by atoms with Crippen molar-refractivity contribution in [3.8, 4) is 11.5 Å². The maximum absolute atomic E-state index is 11.8. The molecule has 0 aliphatic heterocycles. The second-order valence-electron chi connectivity index (χ2n) is 5.33. The molecule has 1 N–H and O–H groups in total. The summed E-state index contributed by atoms with van der Waals surface area (Å²) in [5.41, 5.74) is 3.02. The molecule has 0 aliphatic carbocycles. The number of anilines is 1. The first-order valence-corrected chi connectivity index (χ1v) is 7.80. The third kappa shape index (κ3) is 2.90. The molecule has 4 nitrogen and oxygen atoms in total. The molecule has 0 spiro atoms. The lowest BCUT2D eigenvalue weighted by molar-refractivity contribution is -0.118. The number of hydrogen-bond acceptors (Lipinski definition) is 3. The van der Waals surface area contributed by atoms with Crippen molar-refractivity contribution in [1.29, 1.82) is 0 Å². The molecular formula is C17H15BrN2O2. The topological polar surface area (TPSA) is 55.1 Å². The van der Waals surface area contributed by atoms with Gasteiger partial charge in [0.2, 0.25) is 11.8 Å². The SMILES string of the molecule is CC(C)C(=O)Nc1ccc2oc(-c3ccccc3Br)nc2c1. The van der Waals surface area contributed by atoms with Crippen molar-refractivity contribution in [1.82, 2.24) is 4.98 Å². The number of fused-ring (bicyclic) bond motifs is 1. The third-order valence-corrected chi connectivity index (χ3v) is 3.98. The summed E-state index contributed by atoms with van der Waals surface area (Å²) in [4.78, 5) is 16.3. The van der Waals surface area contributed by atoms with Crippen LogP contribution in [-0.4, -0.2) is 10.9 Å². The Morgan fingerprint density at radius 2 is 2.00 bits per heavy atom. The minimum Gasteiger partial charge on any atom is -0.436 e. The summed E-state index contributed by atoms with van der Waals surface area (Å²) in [5, 5.41) is 2.86. The largest absolute Gasteiger partial charge is 0.436 e. The number of halogens is 1. The zero-order chi connectivity index (χ0) is 15.7. The van der Waals surface area contributed by atoms with Crippen molar-refractivity contribution in [2.24, 2.45) is 5.92 Å². The fourth-order valence-corrected chi connectivity index (χ4v) is 2.50. The maximum Gasteiger partial charge on any atom is 0.228 e. The normalized spacial score (nSPS) is 11.1. The summed E-state index contributed by atoms with van der Waals surface area (Å²) < 4.78 is 6.71. The van der Waals surface area contributed by atoms with Gasteiger partial charge in [-0.05, 0) is 46.3 Å². The van der Waals surface area contributed by atoms with Crippen LogP contribution in [0.2, 0.25) is 0 Å². The van der Waals surface area contributed by atoms with Gasteiger partial charge < -0.3 is 9.73 Å². The highest BCUT2D eigenvalue weighted by Crippen LogP contribution is 2.30. The number of hydrogen-bond donors (Lipinski definition) is 1. The lowest BCUT2D eigenvalue weighted by atomic mass is 10.2. The average Bonchev–Trinajstić information content (AvgIpc) is 2.90. The van der Waals surface area contributed by atoms with Gasteiger partial charge in [-0.1, -0.05) is 26.0 Å². The monoisotopic (exact) mass is 358 g/mol. The Morgan fingerprint density at radius 3 is 2.73 bits per heavy atom. The van der Waals surface area contributed by atoms with Gasteiger partial charge in [0.25, 0.3) is 0 Å². The Bertz CT molecular complexity index is 840. The van der Waals surface area contributed by atoms with E-state index in [0.717, 1.165) is 15.7 Å². The van der Waals surface area contributed by atoms with E-state index >= 15 is 0 Å².